The summed E-state index contributed by atoms with van der Waals surface area (Å²) in [5, 5.41) is 11.7. The van der Waals surface area contributed by atoms with E-state index in [1.165, 1.54) is 0 Å². The molecule has 1 aliphatic rings. The number of hydrogen-bond donors (Lipinski definition) is 2. The van der Waals surface area contributed by atoms with E-state index in [9.17, 15) is 4.79 Å². The molecule has 0 aromatic carbocycles. The molecule has 92 valence electrons. The molecule has 2 N–H and O–H groups in total. The molecule has 2 rings (SSSR count). The summed E-state index contributed by atoms with van der Waals surface area (Å²) in [6, 6.07) is 1.73. The van der Waals surface area contributed by atoms with Gasteiger partial charge in [0.25, 0.3) is 0 Å². The van der Waals surface area contributed by atoms with E-state index < -0.39 is 11.6 Å². The normalized spacial score (nSPS) is 18.6. The third-order valence-electron chi connectivity index (χ3n) is 3.17. The summed E-state index contributed by atoms with van der Waals surface area (Å²) in [7, 11) is 0. The first kappa shape index (κ1) is 12.1. The summed E-state index contributed by atoms with van der Waals surface area (Å²) >= 11 is 5.77. The molecule has 1 aliphatic carbocycles. The minimum Gasteiger partial charge on any atom is -0.465 e. The van der Waals surface area contributed by atoms with Gasteiger partial charge in [0.1, 0.15) is 0 Å². The van der Waals surface area contributed by atoms with Gasteiger partial charge in [-0.3, -0.25) is 0 Å². The number of halogens is 1. The van der Waals surface area contributed by atoms with Gasteiger partial charge in [0.15, 0.2) is 0 Å². The summed E-state index contributed by atoms with van der Waals surface area (Å²) < 4.78 is 0. The van der Waals surface area contributed by atoms with E-state index in [4.69, 9.17) is 16.7 Å². The first-order valence-corrected chi connectivity index (χ1v) is 6.00. The molecule has 1 amide bonds. The Morgan fingerprint density at radius 1 is 1.41 bits per heavy atom. The van der Waals surface area contributed by atoms with Crippen molar-refractivity contribution in [3.05, 3.63) is 23.2 Å². The number of rotatable bonds is 2. The monoisotopic (exact) mass is 255 g/mol. The van der Waals surface area contributed by atoms with E-state index in [1.807, 2.05) is 0 Å². The van der Waals surface area contributed by atoms with Crippen LogP contribution in [0.3, 0.4) is 0 Å². The summed E-state index contributed by atoms with van der Waals surface area (Å²) in [5.41, 5.74) is 0.0658. The Balaban J connectivity index is 2.35. The van der Waals surface area contributed by atoms with Gasteiger partial charge in [-0.2, -0.15) is 0 Å². The zero-order valence-electron chi connectivity index (χ0n) is 9.32. The summed E-state index contributed by atoms with van der Waals surface area (Å²) in [4.78, 5) is 18.9. The number of aromatic nitrogens is 2. The molecule has 0 spiro atoms. The lowest BCUT2D eigenvalue weighted by Crippen LogP contribution is -2.47. The van der Waals surface area contributed by atoms with Crippen LogP contribution in [-0.2, 0) is 5.54 Å². The molecule has 1 aromatic heterocycles. The molecule has 5 nitrogen and oxygen atoms in total. The summed E-state index contributed by atoms with van der Waals surface area (Å²) in [6.45, 7) is 0. The van der Waals surface area contributed by atoms with Gasteiger partial charge >= 0.3 is 6.09 Å². The fourth-order valence-electron chi connectivity index (χ4n) is 2.41. The first-order valence-electron chi connectivity index (χ1n) is 5.62. The maximum Gasteiger partial charge on any atom is 0.405 e. The van der Waals surface area contributed by atoms with Crippen molar-refractivity contribution in [2.75, 3.05) is 0 Å². The van der Waals surface area contributed by atoms with E-state index in [0.29, 0.717) is 5.69 Å². The second kappa shape index (κ2) is 4.87. The van der Waals surface area contributed by atoms with Gasteiger partial charge in [0.2, 0.25) is 5.28 Å². The molecule has 0 unspecified atom stereocenters. The summed E-state index contributed by atoms with van der Waals surface area (Å²) in [6.07, 6.45) is 5.15. The highest BCUT2D eigenvalue weighted by molar-refractivity contribution is 6.28. The molecule has 0 saturated heterocycles. The Kier molecular flexibility index (Phi) is 3.47. The van der Waals surface area contributed by atoms with E-state index in [1.54, 1.807) is 12.3 Å². The Morgan fingerprint density at radius 3 is 2.71 bits per heavy atom. The van der Waals surface area contributed by atoms with Gasteiger partial charge in [-0.05, 0) is 30.5 Å². The van der Waals surface area contributed by atoms with Crippen LogP contribution in [0.4, 0.5) is 4.79 Å². The predicted octanol–water partition coefficient (Wildman–Crippen LogP) is 2.56. The molecule has 1 fully saturated rings. The van der Waals surface area contributed by atoms with Crippen LogP contribution in [0.5, 0.6) is 0 Å². The minimum absolute atomic E-state index is 0.152. The molecule has 1 heterocycles. The highest BCUT2D eigenvalue weighted by atomic mass is 35.5. The van der Waals surface area contributed by atoms with Crippen molar-refractivity contribution in [1.82, 2.24) is 15.3 Å². The number of carboxylic acid groups (broad SMARTS) is 1. The molecule has 0 atom stereocenters. The largest absolute Gasteiger partial charge is 0.465 e. The average molecular weight is 256 g/mol. The standard InChI is InChI=1S/C11H14ClN3O2/c12-9-13-7-4-8(14-9)11(15-10(16)17)5-2-1-3-6-11/h4,7,15H,1-3,5-6H2,(H,16,17). The summed E-state index contributed by atoms with van der Waals surface area (Å²) in [5.74, 6) is 0. The van der Waals surface area contributed by atoms with Gasteiger partial charge in [-0.1, -0.05) is 19.3 Å². The fraction of sp³-hybridized carbons (Fsp3) is 0.545. The lowest BCUT2D eigenvalue weighted by molar-refractivity contribution is 0.160. The van der Waals surface area contributed by atoms with Crippen LogP contribution in [0, 0.1) is 0 Å². The van der Waals surface area contributed by atoms with Crippen molar-refractivity contribution >= 4 is 17.7 Å². The van der Waals surface area contributed by atoms with Crippen LogP contribution in [0.1, 0.15) is 37.8 Å². The third-order valence-corrected chi connectivity index (χ3v) is 3.35. The smallest absolute Gasteiger partial charge is 0.405 e. The topological polar surface area (TPSA) is 75.1 Å². The Morgan fingerprint density at radius 2 is 2.12 bits per heavy atom. The van der Waals surface area contributed by atoms with Crippen molar-refractivity contribution in [2.24, 2.45) is 0 Å². The van der Waals surface area contributed by atoms with Crippen LogP contribution >= 0.6 is 11.6 Å². The Bertz CT molecular complexity index is 419. The zero-order valence-corrected chi connectivity index (χ0v) is 10.1. The number of nitrogens with zero attached hydrogens (tertiary/aromatic N) is 2. The van der Waals surface area contributed by atoms with Crippen LogP contribution in [0.15, 0.2) is 12.3 Å². The Labute approximate surface area is 104 Å². The SMILES string of the molecule is O=C(O)NC1(c2ccnc(Cl)n2)CCCCC1. The molecule has 0 radical (unpaired) electrons. The average Bonchev–Trinajstić information content (AvgIpc) is 2.29. The molecular formula is C11H14ClN3O2. The van der Waals surface area contributed by atoms with Gasteiger partial charge in [0.05, 0.1) is 11.2 Å². The number of nitrogens with one attached hydrogen (secondary N) is 1. The van der Waals surface area contributed by atoms with Crippen LogP contribution in [-0.4, -0.2) is 21.2 Å². The van der Waals surface area contributed by atoms with Crippen molar-refractivity contribution in [2.45, 2.75) is 37.6 Å². The second-order valence-corrected chi connectivity index (χ2v) is 4.62. The van der Waals surface area contributed by atoms with Gasteiger partial charge in [-0.15, -0.1) is 0 Å². The van der Waals surface area contributed by atoms with Crippen molar-refractivity contribution in [3.63, 3.8) is 0 Å². The lowest BCUT2D eigenvalue weighted by atomic mass is 9.79. The fourth-order valence-corrected chi connectivity index (χ4v) is 2.55. The van der Waals surface area contributed by atoms with Gasteiger partial charge < -0.3 is 10.4 Å². The highest BCUT2D eigenvalue weighted by Gasteiger charge is 2.36. The van der Waals surface area contributed by atoms with Crippen molar-refractivity contribution in [1.29, 1.82) is 0 Å². The van der Waals surface area contributed by atoms with Crippen LogP contribution in [0.25, 0.3) is 0 Å². The van der Waals surface area contributed by atoms with E-state index in [0.717, 1.165) is 32.1 Å². The van der Waals surface area contributed by atoms with Gasteiger partial charge in [-0.25, -0.2) is 14.8 Å². The maximum absolute atomic E-state index is 10.9. The maximum atomic E-state index is 10.9. The van der Waals surface area contributed by atoms with Crippen molar-refractivity contribution in [3.8, 4) is 0 Å². The molecule has 6 heteroatoms. The minimum atomic E-state index is -1.03. The van der Waals surface area contributed by atoms with E-state index in [2.05, 4.69) is 15.3 Å². The molecule has 17 heavy (non-hydrogen) atoms. The lowest BCUT2D eigenvalue weighted by Gasteiger charge is -2.36. The van der Waals surface area contributed by atoms with E-state index >= 15 is 0 Å². The van der Waals surface area contributed by atoms with E-state index in [-0.39, 0.29) is 5.28 Å². The zero-order chi connectivity index (χ0) is 12.3. The highest BCUT2D eigenvalue weighted by Crippen LogP contribution is 2.36. The van der Waals surface area contributed by atoms with Gasteiger partial charge in [0, 0.05) is 6.20 Å². The number of amides is 1. The van der Waals surface area contributed by atoms with Crippen LogP contribution in [0.2, 0.25) is 5.28 Å². The molecule has 1 saturated carbocycles. The first-order chi connectivity index (χ1) is 8.12. The molecule has 0 bridgehead atoms. The number of hydrogen-bond acceptors (Lipinski definition) is 3. The predicted molar refractivity (Wildman–Crippen MR) is 63.0 cm³/mol. The molecule has 1 aromatic rings. The van der Waals surface area contributed by atoms with Crippen molar-refractivity contribution < 1.29 is 9.90 Å². The number of carbonyl (C=O) groups is 1. The third kappa shape index (κ3) is 2.66. The molecular weight excluding hydrogens is 242 g/mol. The Hall–Kier alpha value is -1.36. The van der Waals surface area contributed by atoms with Crippen LogP contribution < -0.4 is 5.32 Å². The quantitative estimate of drug-likeness (QED) is 0.797. The second-order valence-electron chi connectivity index (χ2n) is 4.28. The molecule has 0 aliphatic heterocycles.